The topological polar surface area (TPSA) is 90.6 Å². The number of fused-ring (bicyclic) bond motifs is 1. The lowest BCUT2D eigenvalue weighted by Gasteiger charge is -2.18. The van der Waals surface area contributed by atoms with Gasteiger partial charge in [-0.1, -0.05) is 6.07 Å². The number of halogens is 1. The number of hydrogen-bond acceptors (Lipinski definition) is 6. The largest absolute Gasteiger partial charge is 0.493 e. The fourth-order valence-corrected chi connectivity index (χ4v) is 3.13. The number of benzene rings is 1. The van der Waals surface area contributed by atoms with E-state index in [0.29, 0.717) is 24.6 Å². The van der Waals surface area contributed by atoms with Gasteiger partial charge in [0, 0.05) is 44.1 Å². The Bertz CT molecular complexity index is 983. The average molecular weight is 417 g/mol. The molecular formula is C21H25ClN4O3. The summed E-state index contributed by atoms with van der Waals surface area (Å²) >= 11 is 0. The molecule has 8 heteroatoms. The van der Waals surface area contributed by atoms with Crippen molar-refractivity contribution in [1.29, 1.82) is 0 Å². The quantitative estimate of drug-likeness (QED) is 0.636. The summed E-state index contributed by atoms with van der Waals surface area (Å²) in [5, 5.41) is 1.75. The summed E-state index contributed by atoms with van der Waals surface area (Å²) in [5.74, 6) is 1.19. The number of rotatable bonds is 7. The SMILES string of the molecule is COc1cc2c(CC(=O)N(C)Cc3cccnc3)cnc(CN)c2cc1OC.Cl. The van der Waals surface area contributed by atoms with Crippen molar-refractivity contribution in [2.75, 3.05) is 21.3 Å². The van der Waals surface area contributed by atoms with Crippen LogP contribution < -0.4 is 15.2 Å². The number of hydrogen-bond donors (Lipinski definition) is 1. The molecule has 1 aromatic carbocycles. The maximum Gasteiger partial charge on any atom is 0.227 e. The van der Waals surface area contributed by atoms with E-state index in [2.05, 4.69) is 9.97 Å². The molecule has 0 aliphatic carbocycles. The molecular weight excluding hydrogens is 392 g/mol. The zero-order valence-electron chi connectivity index (χ0n) is 16.7. The molecule has 0 spiro atoms. The fourth-order valence-electron chi connectivity index (χ4n) is 3.13. The Kier molecular flexibility index (Phi) is 7.75. The zero-order valence-corrected chi connectivity index (χ0v) is 17.5. The van der Waals surface area contributed by atoms with Gasteiger partial charge in [-0.3, -0.25) is 14.8 Å². The van der Waals surface area contributed by atoms with E-state index in [4.69, 9.17) is 15.2 Å². The first-order valence-corrected chi connectivity index (χ1v) is 8.92. The maximum absolute atomic E-state index is 12.8. The van der Waals surface area contributed by atoms with Crippen LogP contribution in [-0.2, 0) is 24.3 Å². The fraction of sp³-hybridized carbons (Fsp3) is 0.286. The van der Waals surface area contributed by atoms with Gasteiger partial charge in [-0.25, -0.2) is 0 Å². The summed E-state index contributed by atoms with van der Waals surface area (Å²) in [6, 6.07) is 7.53. The molecule has 0 unspecified atom stereocenters. The Balaban J connectivity index is 0.00000300. The number of nitrogens with two attached hydrogens (primary N) is 1. The molecule has 0 atom stereocenters. The zero-order chi connectivity index (χ0) is 20.1. The molecule has 0 fully saturated rings. The van der Waals surface area contributed by atoms with Crippen LogP contribution >= 0.6 is 12.4 Å². The van der Waals surface area contributed by atoms with Gasteiger partial charge in [0.25, 0.3) is 0 Å². The lowest BCUT2D eigenvalue weighted by Crippen LogP contribution is -2.28. The van der Waals surface area contributed by atoms with Crippen LogP contribution in [0.25, 0.3) is 10.8 Å². The van der Waals surface area contributed by atoms with Crippen LogP contribution in [0.5, 0.6) is 11.5 Å². The van der Waals surface area contributed by atoms with E-state index in [1.807, 2.05) is 24.3 Å². The van der Waals surface area contributed by atoms with E-state index in [0.717, 1.165) is 27.6 Å². The monoisotopic (exact) mass is 416 g/mol. The second kappa shape index (κ2) is 10.0. The van der Waals surface area contributed by atoms with Crippen molar-refractivity contribution in [1.82, 2.24) is 14.9 Å². The van der Waals surface area contributed by atoms with Gasteiger partial charge in [0.05, 0.1) is 26.3 Å². The van der Waals surface area contributed by atoms with Crippen LogP contribution in [0.4, 0.5) is 0 Å². The van der Waals surface area contributed by atoms with Crippen LogP contribution in [0.2, 0.25) is 0 Å². The molecule has 3 aromatic rings. The third kappa shape index (κ3) is 4.93. The van der Waals surface area contributed by atoms with Crippen LogP contribution in [-0.4, -0.2) is 42.0 Å². The molecule has 0 aliphatic rings. The highest BCUT2D eigenvalue weighted by Crippen LogP contribution is 2.34. The number of aromatic nitrogens is 2. The van der Waals surface area contributed by atoms with Gasteiger partial charge in [0.1, 0.15) is 0 Å². The minimum Gasteiger partial charge on any atom is -0.493 e. The van der Waals surface area contributed by atoms with Crippen LogP contribution in [0, 0.1) is 0 Å². The average Bonchev–Trinajstić information content (AvgIpc) is 2.73. The van der Waals surface area contributed by atoms with E-state index >= 15 is 0 Å². The molecule has 0 bridgehead atoms. The Morgan fingerprint density at radius 1 is 1.14 bits per heavy atom. The van der Waals surface area contributed by atoms with Crippen molar-refractivity contribution in [3.05, 3.63) is 59.7 Å². The van der Waals surface area contributed by atoms with E-state index in [1.165, 1.54) is 0 Å². The lowest BCUT2D eigenvalue weighted by atomic mass is 10.0. The molecule has 0 radical (unpaired) electrons. The van der Waals surface area contributed by atoms with E-state index < -0.39 is 0 Å². The Hall–Kier alpha value is -2.90. The van der Waals surface area contributed by atoms with E-state index in [1.54, 1.807) is 44.8 Å². The smallest absolute Gasteiger partial charge is 0.227 e. The number of nitrogens with zero attached hydrogens (tertiary/aromatic N) is 3. The van der Waals surface area contributed by atoms with Gasteiger partial charge < -0.3 is 20.1 Å². The van der Waals surface area contributed by atoms with Gasteiger partial charge in [0.2, 0.25) is 5.91 Å². The summed E-state index contributed by atoms with van der Waals surface area (Å²) in [6.45, 7) is 0.789. The molecule has 29 heavy (non-hydrogen) atoms. The molecule has 1 amide bonds. The highest BCUT2D eigenvalue weighted by molar-refractivity contribution is 5.93. The lowest BCUT2D eigenvalue weighted by molar-refractivity contribution is -0.129. The van der Waals surface area contributed by atoms with Crippen molar-refractivity contribution in [3.63, 3.8) is 0 Å². The summed E-state index contributed by atoms with van der Waals surface area (Å²) < 4.78 is 10.8. The highest BCUT2D eigenvalue weighted by atomic mass is 35.5. The minimum atomic E-state index is -0.0118. The van der Waals surface area contributed by atoms with Gasteiger partial charge in [-0.15, -0.1) is 12.4 Å². The molecule has 3 rings (SSSR count). The number of amides is 1. The van der Waals surface area contributed by atoms with Crippen molar-refractivity contribution >= 4 is 29.1 Å². The third-order valence-corrected chi connectivity index (χ3v) is 4.66. The first kappa shape index (κ1) is 22.4. The van der Waals surface area contributed by atoms with E-state index in [-0.39, 0.29) is 24.7 Å². The normalized spacial score (nSPS) is 10.3. The van der Waals surface area contributed by atoms with Gasteiger partial charge in [-0.05, 0) is 34.7 Å². The number of ether oxygens (including phenoxy) is 2. The standard InChI is InChI=1S/C21H24N4O3.ClH/c1-25(13-14-5-4-6-23-11-14)21(26)7-15-12-24-18(10-22)17-9-20(28-3)19(27-2)8-16(15)17;/h4-6,8-9,11-12H,7,10,13,22H2,1-3H3;1H. The van der Waals surface area contributed by atoms with Crippen molar-refractivity contribution < 1.29 is 14.3 Å². The first-order chi connectivity index (χ1) is 13.6. The van der Waals surface area contributed by atoms with Crippen LogP contribution in [0.3, 0.4) is 0 Å². The Morgan fingerprint density at radius 3 is 2.41 bits per heavy atom. The summed E-state index contributed by atoms with van der Waals surface area (Å²) in [6.07, 6.45) is 5.41. The first-order valence-electron chi connectivity index (χ1n) is 8.92. The van der Waals surface area contributed by atoms with Crippen LogP contribution in [0.15, 0.2) is 42.9 Å². The van der Waals surface area contributed by atoms with Gasteiger partial charge in [0.15, 0.2) is 11.5 Å². The highest BCUT2D eigenvalue weighted by Gasteiger charge is 2.17. The molecule has 2 N–H and O–H groups in total. The summed E-state index contributed by atoms with van der Waals surface area (Å²) in [7, 11) is 4.95. The van der Waals surface area contributed by atoms with E-state index in [9.17, 15) is 4.79 Å². The molecule has 7 nitrogen and oxygen atoms in total. The molecule has 0 aliphatic heterocycles. The predicted octanol–water partition coefficient (Wildman–Crippen LogP) is 2.73. The third-order valence-electron chi connectivity index (χ3n) is 4.66. The Labute approximate surface area is 176 Å². The molecule has 2 aromatic heterocycles. The molecule has 2 heterocycles. The van der Waals surface area contributed by atoms with Crippen molar-refractivity contribution in [2.24, 2.45) is 5.73 Å². The summed E-state index contributed by atoms with van der Waals surface area (Å²) in [4.78, 5) is 23.0. The van der Waals surface area contributed by atoms with Crippen molar-refractivity contribution in [2.45, 2.75) is 19.5 Å². The number of pyridine rings is 2. The predicted molar refractivity (Wildman–Crippen MR) is 114 cm³/mol. The van der Waals surface area contributed by atoms with Gasteiger partial charge in [-0.2, -0.15) is 0 Å². The van der Waals surface area contributed by atoms with Crippen molar-refractivity contribution in [3.8, 4) is 11.5 Å². The van der Waals surface area contributed by atoms with Crippen LogP contribution in [0.1, 0.15) is 16.8 Å². The minimum absolute atomic E-state index is 0. The molecule has 154 valence electrons. The second-order valence-electron chi connectivity index (χ2n) is 6.47. The van der Waals surface area contributed by atoms with Gasteiger partial charge >= 0.3 is 0 Å². The molecule has 0 saturated carbocycles. The number of carbonyl (C=O) groups is 1. The number of likely N-dealkylation sites (N-methyl/N-ethyl adjacent to an activating group) is 1. The summed E-state index contributed by atoms with van der Waals surface area (Å²) in [5.41, 5.74) is 8.39. The maximum atomic E-state index is 12.8. The molecule has 0 saturated heterocycles. The Morgan fingerprint density at radius 2 is 1.83 bits per heavy atom. The second-order valence-corrected chi connectivity index (χ2v) is 6.47. The number of carbonyl (C=O) groups excluding carboxylic acids is 1. The number of methoxy groups -OCH3 is 2.